The molecule has 0 aromatic carbocycles. The molecule has 4 unspecified atom stereocenters. The van der Waals surface area contributed by atoms with E-state index in [0.29, 0.717) is 11.3 Å². The van der Waals surface area contributed by atoms with Crippen molar-refractivity contribution in [3.8, 4) is 0 Å². The lowest BCUT2D eigenvalue weighted by Gasteiger charge is -2.23. The second-order valence-electron chi connectivity index (χ2n) is 4.73. The second-order valence-corrected chi connectivity index (χ2v) is 5.81. The normalized spacial score (nSPS) is 28.8. The van der Waals surface area contributed by atoms with E-state index in [4.69, 9.17) is 5.73 Å². The minimum Gasteiger partial charge on any atom is -0.351 e. The van der Waals surface area contributed by atoms with E-state index in [1.807, 2.05) is 18.7 Å². The van der Waals surface area contributed by atoms with Crippen molar-refractivity contribution in [1.29, 1.82) is 0 Å². The van der Waals surface area contributed by atoms with Crippen molar-refractivity contribution in [2.45, 2.75) is 56.9 Å². The van der Waals surface area contributed by atoms with Gasteiger partial charge in [-0.15, -0.1) is 0 Å². The molecule has 0 aromatic heterocycles. The van der Waals surface area contributed by atoms with Crippen LogP contribution in [-0.2, 0) is 4.79 Å². The third-order valence-electron chi connectivity index (χ3n) is 3.64. The third-order valence-corrected chi connectivity index (χ3v) is 4.81. The zero-order chi connectivity index (χ0) is 12.1. The summed E-state index contributed by atoms with van der Waals surface area (Å²) in [6.07, 6.45) is 6.60. The summed E-state index contributed by atoms with van der Waals surface area (Å²) in [7, 11) is 0. The Morgan fingerprint density at radius 2 is 2.25 bits per heavy atom. The fourth-order valence-electron chi connectivity index (χ4n) is 2.16. The van der Waals surface area contributed by atoms with Gasteiger partial charge in [0.2, 0.25) is 5.91 Å². The van der Waals surface area contributed by atoms with Gasteiger partial charge in [0, 0.05) is 11.3 Å². The average molecular weight is 244 g/mol. The number of hydrogen-bond donors (Lipinski definition) is 2. The topological polar surface area (TPSA) is 55.1 Å². The van der Waals surface area contributed by atoms with Crippen molar-refractivity contribution in [2.75, 3.05) is 6.26 Å². The summed E-state index contributed by atoms with van der Waals surface area (Å²) < 4.78 is 0. The van der Waals surface area contributed by atoms with E-state index in [0.717, 1.165) is 12.8 Å². The van der Waals surface area contributed by atoms with Gasteiger partial charge in [0.1, 0.15) is 0 Å². The lowest BCUT2D eigenvalue weighted by Crippen LogP contribution is -2.49. The number of amides is 1. The molecule has 1 rings (SSSR count). The number of carbonyl (C=O) groups excluding carboxylic acids is 1. The maximum atomic E-state index is 11.9. The lowest BCUT2D eigenvalue weighted by molar-refractivity contribution is -0.124. The smallest absolute Gasteiger partial charge is 0.237 e. The predicted molar refractivity (Wildman–Crippen MR) is 70.5 cm³/mol. The van der Waals surface area contributed by atoms with Crippen molar-refractivity contribution < 1.29 is 4.79 Å². The summed E-state index contributed by atoms with van der Waals surface area (Å²) in [5, 5.41) is 3.69. The molecule has 1 aliphatic carbocycles. The Bertz CT molecular complexity index is 235. The van der Waals surface area contributed by atoms with E-state index in [-0.39, 0.29) is 17.9 Å². The highest BCUT2D eigenvalue weighted by Gasteiger charge is 2.30. The first-order chi connectivity index (χ1) is 7.60. The molecule has 1 aliphatic rings. The van der Waals surface area contributed by atoms with Crippen LogP contribution in [0.5, 0.6) is 0 Å². The largest absolute Gasteiger partial charge is 0.351 e. The van der Waals surface area contributed by atoms with E-state index >= 15 is 0 Å². The average Bonchev–Trinajstić information content (AvgIpc) is 2.74. The Balaban J connectivity index is 2.44. The fourth-order valence-corrected chi connectivity index (χ4v) is 3.10. The Kier molecular flexibility index (Phi) is 5.62. The van der Waals surface area contributed by atoms with Crippen molar-refractivity contribution in [1.82, 2.24) is 5.32 Å². The zero-order valence-corrected chi connectivity index (χ0v) is 11.3. The molecule has 0 spiro atoms. The molecular formula is C12H24N2OS. The van der Waals surface area contributed by atoms with Crippen molar-refractivity contribution in [3.63, 3.8) is 0 Å². The van der Waals surface area contributed by atoms with Gasteiger partial charge in [-0.3, -0.25) is 4.79 Å². The van der Waals surface area contributed by atoms with Gasteiger partial charge in [-0.2, -0.15) is 11.8 Å². The van der Waals surface area contributed by atoms with E-state index in [2.05, 4.69) is 18.5 Å². The molecule has 1 saturated carbocycles. The van der Waals surface area contributed by atoms with Crippen LogP contribution in [0.15, 0.2) is 0 Å². The second kappa shape index (κ2) is 6.50. The van der Waals surface area contributed by atoms with Crippen LogP contribution >= 0.6 is 11.8 Å². The van der Waals surface area contributed by atoms with Crippen molar-refractivity contribution in [3.05, 3.63) is 0 Å². The predicted octanol–water partition coefficient (Wildman–Crippen LogP) is 1.76. The standard InChI is InChI=1S/C12H24N2OS/c1-4-8(2)11(13)12(15)14-9-6-5-7-10(9)16-3/h8-11H,4-7,13H2,1-3H3,(H,14,15). The van der Waals surface area contributed by atoms with Gasteiger partial charge in [-0.05, 0) is 25.0 Å². The van der Waals surface area contributed by atoms with Gasteiger partial charge in [0.15, 0.2) is 0 Å². The van der Waals surface area contributed by atoms with E-state index in [1.54, 1.807) is 0 Å². The number of hydrogen-bond acceptors (Lipinski definition) is 3. The molecule has 0 saturated heterocycles. The first-order valence-corrected chi connectivity index (χ1v) is 7.47. The first-order valence-electron chi connectivity index (χ1n) is 6.18. The molecule has 4 heteroatoms. The molecule has 0 bridgehead atoms. The third kappa shape index (κ3) is 3.39. The molecular weight excluding hydrogens is 220 g/mol. The van der Waals surface area contributed by atoms with Crippen molar-refractivity contribution in [2.24, 2.45) is 11.7 Å². The van der Waals surface area contributed by atoms with E-state index in [1.165, 1.54) is 12.8 Å². The SMILES string of the molecule is CCC(C)C(N)C(=O)NC1CCCC1SC. The summed E-state index contributed by atoms with van der Waals surface area (Å²) in [6.45, 7) is 4.10. The maximum absolute atomic E-state index is 11.9. The molecule has 1 fully saturated rings. The molecule has 0 aliphatic heterocycles. The molecule has 3 nitrogen and oxygen atoms in total. The number of carbonyl (C=O) groups is 1. The van der Waals surface area contributed by atoms with Gasteiger partial charge in [-0.1, -0.05) is 26.7 Å². The van der Waals surface area contributed by atoms with Gasteiger partial charge in [0.25, 0.3) is 0 Å². The molecule has 3 N–H and O–H groups in total. The number of nitrogens with two attached hydrogens (primary N) is 1. The number of rotatable bonds is 5. The highest BCUT2D eigenvalue weighted by Crippen LogP contribution is 2.28. The summed E-state index contributed by atoms with van der Waals surface area (Å²) in [6, 6.07) is -0.0225. The van der Waals surface area contributed by atoms with Crippen LogP contribution in [-0.4, -0.2) is 29.5 Å². The van der Waals surface area contributed by atoms with Crippen LogP contribution in [0.25, 0.3) is 0 Å². The fraction of sp³-hybridized carbons (Fsp3) is 0.917. The van der Waals surface area contributed by atoms with Crippen molar-refractivity contribution >= 4 is 17.7 Å². The Morgan fingerprint density at radius 3 is 2.81 bits per heavy atom. The van der Waals surface area contributed by atoms with Gasteiger partial charge < -0.3 is 11.1 Å². The van der Waals surface area contributed by atoms with Gasteiger partial charge >= 0.3 is 0 Å². The van der Waals surface area contributed by atoms with Crippen LogP contribution in [0.1, 0.15) is 39.5 Å². The zero-order valence-electron chi connectivity index (χ0n) is 10.5. The molecule has 0 radical (unpaired) electrons. The Morgan fingerprint density at radius 1 is 1.56 bits per heavy atom. The van der Waals surface area contributed by atoms with Crippen LogP contribution < -0.4 is 11.1 Å². The van der Waals surface area contributed by atoms with Gasteiger partial charge in [-0.25, -0.2) is 0 Å². The number of nitrogens with one attached hydrogen (secondary N) is 1. The summed E-state index contributed by atoms with van der Waals surface area (Å²) in [5.41, 5.74) is 5.92. The number of thioether (sulfide) groups is 1. The monoisotopic (exact) mass is 244 g/mol. The van der Waals surface area contributed by atoms with Crippen LogP contribution in [0, 0.1) is 5.92 Å². The Labute approximate surface area is 103 Å². The minimum absolute atomic E-state index is 0.0281. The first kappa shape index (κ1) is 13.8. The summed E-state index contributed by atoms with van der Waals surface area (Å²) >= 11 is 1.85. The maximum Gasteiger partial charge on any atom is 0.237 e. The van der Waals surface area contributed by atoms with Crippen LogP contribution in [0.4, 0.5) is 0 Å². The molecule has 94 valence electrons. The van der Waals surface area contributed by atoms with Crippen LogP contribution in [0.2, 0.25) is 0 Å². The molecule has 16 heavy (non-hydrogen) atoms. The van der Waals surface area contributed by atoms with Crippen LogP contribution in [0.3, 0.4) is 0 Å². The highest BCUT2D eigenvalue weighted by molar-refractivity contribution is 7.99. The molecule has 4 atom stereocenters. The minimum atomic E-state index is -0.354. The summed E-state index contributed by atoms with van der Waals surface area (Å²) in [5.74, 6) is 0.287. The molecule has 0 heterocycles. The molecule has 1 amide bonds. The quantitative estimate of drug-likeness (QED) is 0.775. The van der Waals surface area contributed by atoms with Gasteiger partial charge in [0.05, 0.1) is 6.04 Å². The highest BCUT2D eigenvalue weighted by atomic mass is 32.2. The summed E-state index contributed by atoms with van der Waals surface area (Å²) in [4.78, 5) is 11.9. The molecule has 0 aromatic rings. The van der Waals surface area contributed by atoms with E-state index in [9.17, 15) is 4.79 Å². The van der Waals surface area contributed by atoms with E-state index < -0.39 is 0 Å². The Hall–Kier alpha value is -0.220. The lowest BCUT2D eigenvalue weighted by atomic mass is 9.99.